The van der Waals surface area contributed by atoms with E-state index in [0.29, 0.717) is 0 Å². The third-order valence-electron chi connectivity index (χ3n) is 2.27. The van der Waals surface area contributed by atoms with Crippen molar-refractivity contribution in [2.45, 2.75) is 6.04 Å². The van der Waals surface area contributed by atoms with Gasteiger partial charge in [-0.15, -0.1) is 0 Å². The van der Waals surface area contributed by atoms with Crippen LogP contribution in [0.1, 0.15) is 0 Å². The lowest BCUT2D eigenvalue weighted by Gasteiger charge is -2.37. The second-order valence-corrected chi connectivity index (χ2v) is 3.09. The highest BCUT2D eigenvalue weighted by atomic mass is 16.4. The van der Waals surface area contributed by atoms with E-state index in [-0.39, 0.29) is 26.2 Å². The van der Waals surface area contributed by atoms with E-state index in [1.807, 2.05) is 0 Å². The quantitative estimate of drug-likeness (QED) is 0.521. The van der Waals surface area contributed by atoms with Crippen LogP contribution in [-0.4, -0.2) is 64.4 Å². The van der Waals surface area contributed by atoms with E-state index in [4.69, 9.17) is 15.9 Å². The highest BCUT2D eigenvalue weighted by Gasteiger charge is 2.31. The van der Waals surface area contributed by atoms with E-state index in [9.17, 15) is 9.59 Å². The fraction of sp³-hybridized carbons (Fsp3) is 0.714. The Labute approximate surface area is 80.7 Å². The number of hydrogen-bond donors (Lipinski definition) is 3. The molecule has 1 aliphatic rings. The van der Waals surface area contributed by atoms with Crippen LogP contribution < -0.4 is 5.73 Å². The summed E-state index contributed by atoms with van der Waals surface area (Å²) in [6.07, 6.45) is -2.08. The van der Waals surface area contributed by atoms with Crippen molar-refractivity contribution in [2.24, 2.45) is 5.73 Å². The molecule has 0 aliphatic carbocycles. The molecule has 0 bridgehead atoms. The third-order valence-corrected chi connectivity index (χ3v) is 2.27. The molecule has 0 aromatic carbocycles. The van der Waals surface area contributed by atoms with Crippen LogP contribution in [0, 0.1) is 0 Å². The molecule has 0 saturated carbocycles. The summed E-state index contributed by atoms with van der Waals surface area (Å²) in [5.74, 6) is 0. The van der Waals surface area contributed by atoms with Crippen LogP contribution in [0.3, 0.4) is 0 Å². The molecular weight excluding hydrogens is 190 g/mol. The van der Waals surface area contributed by atoms with Gasteiger partial charge in [0.2, 0.25) is 0 Å². The number of nitrogens with zero attached hydrogens (tertiary/aromatic N) is 2. The van der Waals surface area contributed by atoms with Gasteiger partial charge in [0, 0.05) is 26.2 Å². The van der Waals surface area contributed by atoms with Gasteiger partial charge in [0.1, 0.15) is 0 Å². The van der Waals surface area contributed by atoms with Crippen molar-refractivity contribution in [3.8, 4) is 0 Å². The molecule has 1 atom stereocenters. The molecular formula is C7H13N3O4. The van der Waals surface area contributed by atoms with E-state index < -0.39 is 18.2 Å². The predicted octanol–water partition coefficient (Wildman–Crippen LogP) is -0.713. The number of hydrogen-bond acceptors (Lipinski definition) is 3. The van der Waals surface area contributed by atoms with Crippen LogP contribution in [0.4, 0.5) is 9.59 Å². The standard InChI is InChI=1S/C7H13N3O4/c8-3-5-4-9(6(11)12)1-2-10(5)7(13)14/h5H,1-4,8H2,(H,11,12)(H,13,14)/t5-/m1/s1. The molecule has 14 heavy (non-hydrogen) atoms. The molecule has 4 N–H and O–H groups in total. The molecule has 7 nitrogen and oxygen atoms in total. The molecule has 1 fully saturated rings. The van der Waals surface area contributed by atoms with Crippen molar-refractivity contribution in [1.82, 2.24) is 9.80 Å². The van der Waals surface area contributed by atoms with E-state index in [1.54, 1.807) is 0 Å². The van der Waals surface area contributed by atoms with Crippen molar-refractivity contribution >= 4 is 12.2 Å². The van der Waals surface area contributed by atoms with Crippen molar-refractivity contribution in [3.05, 3.63) is 0 Å². The Bertz CT molecular complexity index is 245. The zero-order valence-corrected chi connectivity index (χ0v) is 7.59. The number of carboxylic acid groups (broad SMARTS) is 2. The first-order valence-corrected chi connectivity index (χ1v) is 4.23. The normalized spacial score (nSPS) is 22.2. The van der Waals surface area contributed by atoms with Crippen LogP contribution in [0.2, 0.25) is 0 Å². The lowest BCUT2D eigenvalue weighted by molar-refractivity contribution is 0.0663. The van der Waals surface area contributed by atoms with Gasteiger partial charge in [0.15, 0.2) is 0 Å². The van der Waals surface area contributed by atoms with Crippen molar-refractivity contribution in [1.29, 1.82) is 0 Å². The molecule has 1 saturated heterocycles. The molecule has 1 heterocycles. The van der Waals surface area contributed by atoms with Crippen LogP contribution >= 0.6 is 0 Å². The maximum Gasteiger partial charge on any atom is 0.407 e. The number of carbonyl (C=O) groups is 2. The number of amides is 2. The summed E-state index contributed by atoms with van der Waals surface area (Å²) < 4.78 is 0. The molecule has 0 radical (unpaired) electrons. The molecule has 0 aromatic rings. The summed E-state index contributed by atoms with van der Waals surface area (Å²) in [5, 5.41) is 17.5. The number of rotatable bonds is 1. The fourth-order valence-electron chi connectivity index (χ4n) is 1.48. The third kappa shape index (κ3) is 2.05. The first kappa shape index (κ1) is 10.6. The molecule has 0 aromatic heterocycles. The van der Waals surface area contributed by atoms with E-state index in [2.05, 4.69) is 0 Å². The molecule has 1 aliphatic heterocycles. The summed E-state index contributed by atoms with van der Waals surface area (Å²) in [6, 6.07) is -0.433. The number of piperazine rings is 1. The predicted molar refractivity (Wildman–Crippen MR) is 47.2 cm³/mol. The van der Waals surface area contributed by atoms with Crippen molar-refractivity contribution in [3.63, 3.8) is 0 Å². The Morgan fingerprint density at radius 2 is 1.93 bits per heavy atom. The first-order valence-electron chi connectivity index (χ1n) is 4.23. The Morgan fingerprint density at radius 3 is 2.36 bits per heavy atom. The van der Waals surface area contributed by atoms with E-state index in [1.165, 1.54) is 9.80 Å². The van der Waals surface area contributed by atoms with Gasteiger partial charge in [0.05, 0.1) is 6.04 Å². The zero-order chi connectivity index (χ0) is 10.7. The summed E-state index contributed by atoms with van der Waals surface area (Å²) in [5.41, 5.74) is 5.37. The Hall–Kier alpha value is -1.50. The Morgan fingerprint density at radius 1 is 1.29 bits per heavy atom. The van der Waals surface area contributed by atoms with Crippen LogP contribution in [-0.2, 0) is 0 Å². The highest BCUT2D eigenvalue weighted by Crippen LogP contribution is 2.09. The van der Waals surface area contributed by atoms with Gasteiger partial charge < -0.3 is 25.7 Å². The smallest absolute Gasteiger partial charge is 0.407 e. The highest BCUT2D eigenvalue weighted by molar-refractivity contribution is 5.68. The Kier molecular flexibility index (Phi) is 3.13. The summed E-state index contributed by atoms with van der Waals surface area (Å²) in [7, 11) is 0. The fourth-order valence-corrected chi connectivity index (χ4v) is 1.48. The average molecular weight is 203 g/mol. The van der Waals surface area contributed by atoms with E-state index in [0.717, 1.165) is 0 Å². The first-order chi connectivity index (χ1) is 6.56. The zero-order valence-electron chi connectivity index (χ0n) is 7.59. The average Bonchev–Trinajstić information content (AvgIpc) is 2.16. The van der Waals surface area contributed by atoms with Crippen molar-refractivity contribution in [2.75, 3.05) is 26.2 Å². The second-order valence-electron chi connectivity index (χ2n) is 3.09. The summed E-state index contributed by atoms with van der Waals surface area (Å²) in [6.45, 7) is 0.676. The Balaban J connectivity index is 2.63. The monoisotopic (exact) mass is 203 g/mol. The number of nitrogens with two attached hydrogens (primary N) is 1. The second kappa shape index (κ2) is 4.14. The van der Waals surface area contributed by atoms with Crippen molar-refractivity contribution < 1.29 is 19.8 Å². The molecule has 2 amide bonds. The lowest BCUT2D eigenvalue weighted by Crippen LogP contribution is -2.58. The molecule has 80 valence electrons. The van der Waals surface area contributed by atoms with Gasteiger partial charge in [0.25, 0.3) is 0 Å². The lowest BCUT2D eigenvalue weighted by atomic mass is 10.2. The van der Waals surface area contributed by atoms with Crippen LogP contribution in [0.25, 0.3) is 0 Å². The minimum absolute atomic E-state index is 0.135. The summed E-state index contributed by atoms with van der Waals surface area (Å²) in [4.78, 5) is 23.7. The SMILES string of the molecule is NC[C@@H]1CN(C(=O)O)CCN1C(=O)O. The van der Waals surface area contributed by atoms with Gasteiger partial charge in [-0.2, -0.15) is 0 Å². The van der Waals surface area contributed by atoms with Gasteiger partial charge in [-0.05, 0) is 0 Å². The van der Waals surface area contributed by atoms with Gasteiger partial charge in [-0.3, -0.25) is 0 Å². The topological polar surface area (TPSA) is 107 Å². The molecule has 0 spiro atoms. The minimum atomic E-state index is -1.05. The largest absolute Gasteiger partial charge is 0.465 e. The van der Waals surface area contributed by atoms with Crippen LogP contribution in [0.15, 0.2) is 0 Å². The van der Waals surface area contributed by atoms with Gasteiger partial charge >= 0.3 is 12.2 Å². The molecule has 1 rings (SSSR count). The summed E-state index contributed by atoms with van der Waals surface area (Å²) >= 11 is 0. The molecule has 0 unspecified atom stereocenters. The molecule has 7 heteroatoms. The van der Waals surface area contributed by atoms with E-state index >= 15 is 0 Å². The maximum absolute atomic E-state index is 10.7. The van der Waals surface area contributed by atoms with Crippen LogP contribution in [0.5, 0.6) is 0 Å². The minimum Gasteiger partial charge on any atom is -0.465 e. The maximum atomic E-state index is 10.7. The van der Waals surface area contributed by atoms with Gasteiger partial charge in [-0.25, -0.2) is 9.59 Å². The van der Waals surface area contributed by atoms with Gasteiger partial charge in [-0.1, -0.05) is 0 Å².